The van der Waals surface area contributed by atoms with E-state index >= 15 is 0 Å². The number of rotatable bonds is 8. The molecule has 1 saturated heterocycles. The fraction of sp³-hybridized carbons (Fsp3) is 0.562. The minimum Gasteiger partial charge on any atom is -0.480 e. The van der Waals surface area contributed by atoms with Gasteiger partial charge in [0, 0.05) is 6.61 Å². The molecule has 0 saturated carbocycles. The van der Waals surface area contributed by atoms with Crippen molar-refractivity contribution in [3.05, 3.63) is 24.3 Å². The summed E-state index contributed by atoms with van der Waals surface area (Å²) >= 11 is 0. The van der Waals surface area contributed by atoms with Crippen LogP contribution in [0.5, 0.6) is 0 Å². The number of aliphatic carboxylic acids is 1. The number of carboxylic acid groups (broad SMARTS) is 1. The van der Waals surface area contributed by atoms with Gasteiger partial charge in [-0.15, -0.1) is 6.42 Å². The topological polar surface area (TPSA) is 65.0 Å². The Bertz CT molecular complexity index is 430. The van der Waals surface area contributed by atoms with Crippen LogP contribution < -0.4 is 0 Å². The highest BCUT2D eigenvalue weighted by Crippen LogP contribution is 2.31. The lowest BCUT2D eigenvalue weighted by molar-refractivity contribution is -0.144. The van der Waals surface area contributed by atoms with Gasteiger partial charge in [0.1, 0.15) is 12.7 Å². The molecular formula is C16H22O5. The maximum Gasteiger partial charge on any atom is 0.329 e. The van der Waals surface area contributed by atoms with E-state index in [9.17, 15) is 4.79 Å². The van der Waals surface area contributed by atoms with E-state index in [1.165, 1.54) is 0 Å². The SMILES string of the molecule is C#CC=CC=CC1OC(C)(C)OC1CCCOCC(=O)O. The highest BCUT2D eigenvalue weighted by atomic mass is 16.7. The molecule has 1 rings (SSSR count). The summed E-state index contributed by atoms with van der Waals surface area (Å²) in [5.41, 5.74) is 0. The van der Waals surface area contributed by atoms with Crippen LogP contribution >= 0.6 is 0 Å². The van der Waals surface area contributed by atoms with Crippen LogP contribution in [0.1, 0.15) is 26.7 Å². The van der Waals surface area contributed by atoms with Crippen LogP contribution in [0, 0.1) is 12.3 Å². The van der Waals surface area contributed by atoms with Gasteiger partial charge >= 0.3 is 5.97 Å². The number of carbonyl (C=O) groups is 1. The second-order valence-corrected chi connectivity index (χ2v) is 5.14. The van der Waals surface area contributed by atoms with E-state index in [1.807, 2.05) is 26.0 Å². The summed E-state index contributed by atoms with van der Waals surface area (Å²) < 4.78 is 16.7. The van der Waals surface area contributed by atoms with Gasteiger partial charge in [-0.05, 0) is 32.8 Å². The summed E-state index contributed by atoms with van der Waals surface area (Å²) in [5.74, 6) is 0.822. The fourth-order valence-corrected chi connectivity index (χ4v) is 2.08. The highest BCUT2D eigenvalue weighted by molar-refractivity contribution is 5.67. The van der Waals surface area contributed by atoms with Crippen molar-refractivity contribution in [3.63, 3.8) is 0 Å². The summed E-state index contributed by atoms with van der Waals surface area (Å²) in [4.78, 5) is 10.3. The first kappa shape index (κ1) is 17.4. The molecule has 0 aliphatic carbocycles. The van der Waals surface area contributed by atoms with Gasteiger partial charge in [0.25, 0.3) is 0 Å². The molecule has 1 aliphatic heterocycles. The molecule has 116 valence electrons. The van der Waals surface area contributed by atoms with Gasteiger partial charge in [-0.25, -0.2) is 4.79 Å². The van der Waals surface area contributed by atoms with Crippen molar-refractivity contribution in [3.8, 4) is 12.3 Å². The molecular weight excluding hydrogens is 272 g/mol. The summed E-state index contributed by atoms with van der Waals surface area (Å²) in [6.45, 7) is 3.85. The number of carboxylic acids is 1. The second kappa shape index (κ2) is 8.63. The predicted molar refractivity (Wildman–Crippen MR) is 78.6 cm³/mol. The standard InChI is InChI=1S/C16H22O5/c1-4-5-6-7-9-13-14(21-16(2,3)20-13)10-8-11-19-12-15(17)18/h1,5-7,9,13-14H,8,10-12H2,2-3H3,(H,17,18). The van der Waals surface area contributed by atoms with E-state index in [2.05, 4.69) is 5.92 Å². The number of hydrogen-bond acceptors (Lipinski definition) is 4. The van der Waals surface area contributed by atoms with Crippen LogP contribution in [-0.2, 0) is 19.0 Å². The lowest BCUT2D eigenvalue weighted by Crippen LogP contribution is -2.22. The zero-order valence-electron chi connectivity index (χ0n) is 12.5. The Morgan fingerprint density at radius 2 is 2.19 bits per heavy atom. The van der Waals surface area contributed by atoms with Gasteiger partial charge < -0.3 is 19.3 Å². The first-order chi connectivity index (χ1) is 9.94. The molecule has 1 heterocycles. The fourth-order valence-electron chi connectivity index (χ4n) is 2.08. The van der Waals surface area contributed by atoms with Crippen molar-refractivity contribution in [2.45, 2.75) is 44.7 Å². The molecule has 1 aliphatic rings. The third-order valence-electron chi connectivity index (χ3n) is 2.83. The van der Waals surface area contributed by atoms with Crippen LogP contribution in [0.2, 0.25) is 0 Å². The Labute approximate surface area is 125 Å². The maximum absolute atomic E-state index is 10.3. The average Bonchev–Trinajstić information content (AvgIpc) is 2.68. The van der Waals surface area contributed by atoms with E-state index < -0.39 is 11.8 Å². The summed E-state index contributed by atoms with van der Waals surface area (Å²) in [7, 11) is 0. The van der Waals surface area contributed by atoms with Crippen LogP contribution in [0.4, 0.5) is 0 Å². The molecule has 0 spiro atoms. The van der Waals surface area contributed by atoms with Gasteiger partial charge in [-0.2, -0.15) is 0 Å². The van der Waals surface area contributed by atoms with Crippen molar-refractivity contribution in [2.24, 2.45) is 0 Å². The molecule has 0 radical (unpaired) electrons. The van der Waals surface area contributed by atoms with E-state index in [0.29, 0.717) is 13.0 Å². The Morgan fingerprint density at radius 1 is 1.43 bits per heavy atom. The van der Waals surface area contributed by atoms with Gasteiger partial charge in [-0.3, -0.25) is 0 Å². The van der Waals surface area contributed by atoms with Gasteiger partial charge in [0.2, 0.25) is 0 Å². The molecule has 1 fully saturated rings. The summed E-state index contributed by atoms with van der Waals surface area (Å²) in [6.07, 6.45) is 13.5. The van der Waals surface area contributed by atoms with Crippen molar-refractivity contribution in [1.82, 2.24) is 0 Å². The molecule has 1 N–H and O–H groups in total. The number of allylic oxidation sites excluding steroid dienone is 3. The zero-order valence-corrected chi connectivity index (χ0v) is 12.5. The zero-order chi connectivity index (χ0) is 15.7. The summed E-state index contributed by atoms with van der Waals surface area (Å²) in [6, 6.07) is 0. The Morgan fingerprint density at radius 3 is 2.86 bits per heavy atom. The van der Waals surface area contributed by atoms with E-state index in [1.54, 1.807) is 12.2 Å². The van der Waals surface area contributed by atoms with Crippen molar-refractivity contribution >= 4 is 5.97 Å². The largest absolute Gasteiger partial charge is 0.480 e. The Hall–Kier alpha value is -1.61. The first-order valence-corrected chi connectivity index (χ1v) is 6.89. The molecule has 0 amide bonds. The highest BCUT2D eigenvalue weighted by Gasteiger charge is 2.39. The smallest absolute Gasteiger partial charge is 0.329 e. The van der Waals surface area contributed by atoms with Crippen LogP contribution in [0.15, 0.2) is 24.3 Å². The number of ether oxygens (including phenoxy) is 3. The predicted octanol–water partition coefficient (Wildman–Crippen LogP) is 2.13. The summed E-state index contributed by atoms with van der Waals surface area (Å²) in [5, 5.41) is 8.48. The van der Waals surface area contributed by atoms with Crippen LogP contribution in [-0.4, -0.2) is 42.3 Å². The Kier molecular flexibility index (Phi) is 7.17. The van der Waals surface area contributed by atoms with E-state index in [0.717, 1.165) is 6.42 Å². The van der Waals surface area contributed by atoms with E-state index in [4.69, 9.17) is 25.7 Å². The first-order valence-electron chi connectivity index (χ1n) is 6.89. The quantitative estimate of drug-likeness (QED) is 0.422. The third-order valence-corrected chi connectivity index (χ3v) is 2.83. The molecule has 2 unspecified atom stereocenters. The third kappa shape index (κ3) is 7.09. The normalized spacial score (nSPS) is 24.6. The maximum atomic E-state index is 10.3. The second-order valence-electron chi connectivity index (χ2n) is 5.14. The van der Waals surface area contributed by atoms with E-state index in [-0.39, 0.29) is 18.8 Å². The van der Waals surface area contributed by atoms with Crippen LogP contribution in [0.25, 0.3) is 0 Å². The van der Waals surface area contributed by atoms with Gasteiger partial charge in [0.15, 0.2) is 5.79 Å². The molecule has 5 heteroatoms. The van der Waals surface area contributed by atoms with Gasteiger partial charge in [-0.1, -0.05) is 24.1 Å². The van der Waals surface area contributed by atoms with Crippen molar-refractivity contribution in [2.75, 3.05) is 13.2 Å². The lowest BCUT2D eigenvalue weighted by Gasteiger charge is -2.16. The number of hydrogen-bond donors (Lipinski definition) is 1. The molecule has 0 bridgehead atoms. The minimum absolute atomic E-state index is 0.0797. The average molecular weight is 294 g/mol. The number of terminal acetylenes is 1. The monoisotopic (exact) mass is 294 g/mol. The molecule has 2 atom stereocenters. The molecule has 0 aromatic rings. The molecule has 21 heavy (non-hydrogen) atoms. The van der Waals surface area contributed by atoms with Gasteiger partial charge in [0.05, 0.1) is 6.10 Å². The minimum atomic E-state index is -0.960. The van der Waals surface area contributed by atoms with Crippen LogP contribution in [0.3, 0.4) is 0 Å². The molecule has 0 aromatic carbocycles. The lowest BCUT2D eigenvalue weighted by atomic mass is 10.1. The molecule has 0 aromatic heterocycles. The van der Waals surface area contributed by atoms with Crippen molar-refractivity contribution in [1.29, 1.82) is 0 Å². The Balaban J connectivity index is 2.41. The molecule has 5 nitrogen and oxygen atoms in total. The van der Waals surface area contributed by atoms with Crippen molar-refractivity contribution < 1.29 is 24.1 Å².